The Morgan fingerprint density at radius 1 is 1.20 bits per heavy atom. The number of anilines is 3. The topological polar surface area (TPSA) is 95.4 Å². The van der Waals surface area contributed by atoms with Gasteiger partial charge in [0, 0.05) is 27.2 Å². The number of methoxy groups -OCH3 is 1. The summed E-state index contributed by atoms with van der Waals surface area (Å²) >= 11 is 0. The van der Waals surface area contributed by atoms with Crippen molar-refractivity contribution in [3.63, 3.8) is 0 Å². The Morgan fingerprint density at radius 3 is 2.35 bits per heavy atom. The second-order valence-electron chi connectivity index (χ2n) is 4.18. The first-order valence-electron chi connectivity index (χ1n) is 6.73. The zero-order valence-electron chi connectivity index (χ0n) is 12.6. The Balaban J connectivity index is 2.97. The minimum absolute atomic E-state index is 0.0605. The van der Waals surface area contributed by atoms with Gasteiger partial charge in [-0.1, -0.05) is 0 Å². The van der Waals surface area contributed by atoms with Crippen molar-refractivity contribution in [1.82, 2.24) is 15.0 Å². The third kappa shape index (κ3) is 4.46. The van der Waals surface area contributed by atoms with Gasteiger partial charge >= 0.3 is 0 Å². The van der Waals surface area contributed by atoms with Crippen LogP contribution < -0.4 is 15.5 Å². The van der Waals surface area contributed by atoms with Gasteiger partial charge in [0.2, 0.25) is 17.8 Å². The van der Waals surface area contributed by atoms with Crippen molar-refractivity contribution in [2.24, 2.45) is 0 Å². The maximum atomic E-state index is 9.28. The van der Waals surface area contributed by atoms with Crippen LogP contribution in [0.3, 0.4) is 0 Å². The molecular formula is C12H24N6O2. The molecule has 0 aliphatic rings. The predicted molar refractivity (Wildman–Crippen MR) is 79.3 cm³/mol. The van der Waals surface area contributed by atoms with E-state index in [-0.39, 0.29) is 12.6 Å². The van der Waals surface area contributed by atoms with Crippen LogP contribution in [0.1, 0.15) is 13.8 Å². The molecular weight excluding hydrogens is 260 g/mol. The van der Waals surface area contributed by atoms with E-state index in [2.05, 4.69) is 25.6 Å². The number of hydrogen-bond donors (Lipinski definition) is 3. The van der Waals surface area contributed by atoms with Crippen LogP contribution in [0, 0.1) is 0 Å². The molecule has 1 atom stereocenters. The number of hydrogen-bond acceptors (Lipinski definition) is 8. The highest BCUT2D eigenvalue weighted by atomic mass is 16.5. The smallest absolute Gasteiger partial charge is 0.231 e. The molecule has 8 heteroatoms. The fourth-order valence-electron chi connectivity index (χ4n) is 1.71. The van der Waals surface area contributed by atoms with Crippen LogP contribution in [0.4, 0.5) is 17.8 Å². The molecule has 0 aliphatic heterocycles. The van der Waals surface area contributed by atoms with E-state index >= 15 is 0 Å². The summed E-state index contributed by atoms with van der Waals surface area (Å²) in [6, 6.07) is -0.253. The van der Waals surface area contributed by atoms with Crippen molar-refractivity contribution >= 4 is 17.8 Å². The quantitative estimate of drug-likeness (QED) is 0.591. The summed E-state index contributed by atoms with van der Waals surface area (Å²) in [5.74, 6) is 1.51. The first-order valence-corrected chi connectivity index (χ1v) is 6.73. The lowest BCUT2D eigenvalue weighted by atomic mass is 10.3. The number of ether oxygens (including phenoxy) is 1. The van der Waals surface area contributed by atoms with Crippen LogP contribution in [0.2, 0.25) is 0 Å². The Labute approximate surface area is 119 Å². The average molecular weight is 284 g/mol. The van der Waals surface area contributed by atoms with Gasteiger partial charge < -0.3 is 25.4 Å². The second-order valence-corrected chi connectivity index (χ2v) is 4.18. The summed E-state index contributed by atoms with van der Waals surface area (Å²) in [6.07, 6.45) is 0. The lowest BCUT2D eigenvalue weighted by molar-refractivity contribution is 0.153. The second kappa shape index (κ2) is 8.49. The molecule has 0 aromatic carbocycles. The van der Waals surface area contributed by atoms with Crippen molar-refractivity contribution in [3.05, 3.63) is 0 Å². The number of aliphatic hydroxyl groups excluding tert-OH is 1. The highest BCUT2D eigenvalue weighted by molar-refractivity contribution is 5.43. The van der Waals surface area contributed by atoms with Crippen molar-refractivity contribution in [3.8, 4) is 0 Å². The summed E-state index contributed by atoms with van der Waals surface area (Å²) < 4.78 is 5.02. The van der Waals surface area contributed by atoms with E-state index in [0.29, 0.717) is 24.5 Å². The molecule has 1 rings (SSSR count). The molecule has 0 bridgehead atoms. The SMILES string of the molecule is CCN(CC)c1nc(NC)nc(NC(CO)COC)n1. The minimum Gasteiger partial charge on any atom is -0.394 e. The van der Waals surface area contributed by atoms with Crippen molar-refractivity contribution in [2.75, 3.05) is 56.0 Å². The monoisotopic (exact) mass is 284 g/mol. The zero-order valence-corrected chi connectivity index (χ0v) is 12.6. The molecule has 1 aromatic heterocycles. The maximum Gasteiger partial charge on any atom is 0.231 e. The molecule has 3 N–H and O–H groups in total. The molecule has 0 radical (unpaired) electrons. The van der Waals surface area contributed by atoms with E-state index in [1.54, 1.807) is 14.2 Å². The normalized spacial score (nSPS) is 12.1. The van der Waals surface area contributed by atoms with E-state index in [9.17, 15) is 5.11 Å². The lowest BCUT2D eigenvalue weighted by Gasteiger charge is -2.21. The minimum atomic E-state index is -0.253. The molecule has 114 valence electrons. The van der Waals surface area contributed by atoms with Crippen LogP contribution in [0.25, 0.3) is 0 Å². The highest BCUT2D eigenvalue weighted by Crippen LogP contribution is 2.13. The van der Waals surface area contributed by atoms with Crippen LogP contribution >= 0.6 is 0 Å². The average Bonchev–Trinajstić information content (AvgIpc) is 2.47. The summed E-state index contributed by atoms with van der Waals surface area (Å²) in [4.78, 5) is 15.0. The van der Waals surface area contributed by atoms with E-state index in [0.717, 1.165) is 13.1 Å². The number of nitrogens with zero attached hydrogens (tertiary/aromatic N) is 4. The van der Waals surface area contributed by atoms with E-state index in [1.165, 1.54) is 0 Å². The summed E-state index contributed by atoms with van der Waals surface area (Å²) in [5, 5.41) is 15.2. The number of aromatic nitrogens is 3. The van der Waals surface area contributed by atoms with Gasteiger partial charge in [-0.3, -0.25) is 0 Å². The largest absolute Gasteiger partial charge is 0.394 e. The molecule has 1 unspecified atom stereocenters. The van der Waals surface area contributed by atoms with Crippen molar-refractivity contribution < 1.29 is 9.84 Å². The summed E-state index contributed by atoms with van der Waals surface area (Å²) in [6.45, 7) is 6.02. The first-order chi connectivity index (χ1) is 9.68. The number of rotatable bonds is 9. The highest BCUT2D eigenvalue weighted by Gasteiger charge is 2.13. The molecule has 1 heterocycles. The van der Waals surface area contributed by atoms with Gasteiger partial charge in [-0.2, -0.15) is 15.0 Å². The fraction of sp³-hybridized carbons (Fsp3) is 0.750. The molecule has 0 saturated heterocycles. The predicted octanol–water partition coefficient (Wildman–Crippen LogP) is 0.179. The molecule has 0 spiro atoms. The molecule has 0 aliphatic carbocycles. The summed E-state index contributed by atoms with van der Waals surface area (Å²) in [7, 11) is 3.34. The first kappa shape index (κ1) is 16.4. The van der Waals surface area contributed by atoms with E-state index in [4.69, 9.17) is 4.74 Å². The molecule has 0 amide bonds. The van der Waals surface area contributed by atoms with Crippen LogP contribution in [0.15, 0.2) is 0 Å². The summed E-state index contributed by atoms with van der Waals surface area (Å²) in [5.41, 5.74) is 0. The van der Waals surface area contributed by atoms with Crippen molar-refractivity contribution in [1.29, 1.82) is 0 Å². The Bertz CT molecular complexity index is 400. The van der Waals surface area contributed by atoms with Crippen LogP contribution in [-0.2, 0) is 4.74 Å². The molecule has 0 saturated carbocycles. The van der Waals surface area contributed by atoms with Gasteiger partial charge in [-0.05, 0) is 13.8 Å². The zero-order chi connectivity index (χ0) is 15.0. The molecule has 1 aromatic rings. The van der Waals surface area contributed by atoms with Gasteiger partial charge in [0.1, 0.15) is 0 Å². The molecule has 8 nitrogen and oxygen atoms in total. The Hall–Kier alpha value is -1.67. The van der Waals surface area contributed by atoms with Gasteiger partial charge in [0.25, 0.3) is 0 Å². The van der Waals surface area contributed by atoms with Gasteiger partial charge in [0.05, 0.1) is 19.3 Å². The van der Waals surface area contributed by atoms with Crippen LogP contribution in [-0.4, -0.2) is 66.6 Å². The number of nitrogens with one attached hydrogen (secondary N) is 2. The van der Waals surface area contributed by atoms with Crippen molar-refractivity contribution in [2.45, 2.75) is 19.9 Å². The number of aliphatic hydroxyl groups is 1. The van der Waals surface area contributed by atoms with Crippen LogP contribution in [0.5, 0.6) is 0 Å². The Morgan fingerprint density at radius 2 is 1.85 bits per heavy atom. The van der Waals surface area contributed by atoms with Gasteiger partial charge in [0.15, 0.2) is 0 Å². The third-order valence-corrected chi connectivity index (χ3v) is 2.81. The van der Waals surface area contributed by atoms with Gasteiger partial charge in [-0.15, -0.1) is 0 Å². The standard InChI is InChI=1S/C12H24N6O2/c1-5-18(6-2)12-16-10(13-3)15-11(17-12)14-9(7-19)8-20-4/h9,19H,5-8H2,1-4H3,(H2,13,14,15,16,17). The maximum absolute atomic E-state index is 9.28. The van der Waals surface area contributed by atoms with E-state index < -0.39 is 0 Å². The molecule has 0 fully saturated rings. The van der Waals surface area contributed by atoms with E-state index in [1.807, 2.05) is 18.7 Å². The lowest BCUT2D eigenvalue weighted by Crippen LogP contribution is -2.31. The molecule has 20 heavy (non-hydrogen) atoms. The third-order valence-electron chi connectivity index (χ3n) is 2.81. The van der Waals surface area contributed by atoms with Gasteiger partial charge in [-0.25, -0.2) is 0 Å². The Kier molecular flexibility index (Phi) is 6.96. The fourth-order valence-corrected chi connectivity index (χ4v) is 1.71.